The van der Waals surface area contributed by atoms with Crippen LogP contribution in [0.1, 0.15) is 10.4 Å². The Morgan fingerprint density at radius 1 is 1.57 bits per heavy atom. The lowest BCUT2D eigenvalue weighted by Crippen LogP contribution is -2.10. The van der Waals surface area contributed by atoms with Gasteiger partial charge in [0.15, 0.2) is 14.9 Å². The molecule has 0 unspecified atom stereocenters. The Hall–Kier alpha value is -1.50. The zero-order valence-corrected chi connectivity index (χ0v) is 7.88. The summed E-state index contributed by atoms with van der Waals surface area (Å²) in [5.41, 5.74) is -0.660. The van der Waals surface area contributed by atoms with Crippen molar-refractivity contribution < 1.29 is 22.7 Å². The molecule has 0 aliphatic heterocycles. The molecule has 1 aromatic rings. The second-order valence-electron chi connectivity index (χ2n) is 2.58. The highest BCUT2D eigenvalue weighted by Crippen LogP contribution is 2.13. The minimum Gasteiger partial charge on any atom is -0.478 e. The number of aromatic nitrogens is 1. The molecule has 0 amide bonds. The zero-order valence-electron chi connectivity index (χ0n) is 7.06. The van der Waals surface area contributed by atoms with Crippen LogP contribution in [-0.2, 0) is 9.84 Å². The van der Waals surface area contributed by atoms with Crippen molar-refractivity contribution in [2.45, 2.75) is 5.03 Å². The molecule has 7 heteroatoms. The Labute approximate surface area is 79.1 Å². The van der Waals surface area contributed by atoms with Gasteiger partial charge < -0.3 is 5.11 Å². The SMILES string of the molecule is CS(=O)(=O)c1ncc(F)cc1C(=O)O. The first kappa shape index (κ1) is 10.6. The Bertz CT molecular complexity index is 482. The van der Waals surface area contributed by atoms with E-state index in [4.69, 9.17) is 5.11 Å². The van der Waals surface area contributed by atoms with Crippen molar-refractivity contribution >= 4 is 15.8 Å². The quantitative estimate of drug-likeness (QED) is 0.774. The van der Waals surface area contributed by atoms with Crippen LogP contribution in [0.4, 0.5) is 4.39 Å². The van der Waals surface area contributed by atoms with E-state index >= 15 is 0 Å². The third-order valence-electron chi connectivity index (χ3n) is 1.40. The number of aromatic carboxylic acids is 1. The molecule has 1 aromatic heterocycles. The van der Waals surface area contributed by atoms with Crippen molar-refractivity contribution in [3.63, 3.8) is 0 Å². The van der Waals surface area contributed by atoms with Gasteiger partial charge in [-0.15, -0.1) is 0 Å². The van der Waals surface area contributed by atoms with Crippen molar-refractivity contribution in [3.8, 4) is 0 Å². The number of hydrogen-bond acceptors (Lipinski definition) is 4. The van der Waals surface area contributed by atoms with Crippen molar-refractivity contribution in [1.29, 1.82) is 0 Å². The van der Waals surface area contributed by atoms with Crippen LogP contribution in [0.2, 0.25) is 0 Å². The maximum absolute atomic E-state index is 12.6. The number of halogens is 1. The monoisotopic (exact) mass is 219 g/mol. The van der Waals surface area contributed by atoms with E-state index in [1.807, 2.05) is 0 Å². The Morgan fingerprint density at radius 2 is 2.14 bits per heavy atom. The van der Waals surface area contributed by atoms with Crippen LogP contribution in [0.5, 0.6) is 0 Å². The van der Waals surface area contributed by atoms with Gasteiger partial charge >= 0.3 is 5.97 Å². The highest BCUT2D eigenvalue weighted by atomic mass is 32.2. The number of nitrogens with zero attached hydrogens (tertiary/aromatic N) is 1. The second kappa shape index (κ2) is 3.33. The third kappa shape index (κ3) is 2.05. The maximum Gasteiger partial charge on any atom is 0.338 e. The van der Waals surface area contributed by atoms with E-state index in [1.165, 1.54) is 0 Å². The van der Waals surface area contributed by atoms with Gasteiger partial charge in [-0.25, -0.2) is 22.6 Å². The van der Waals surface area contributed by atoms with Crippen LogP contribution in [0, 0.1) is 5.82 Å². The van der Waals surface area contributed by atoms with Gasteiger partial charge in [-0.3, -0.25) is 0 Å². The lowest BCUT2D eigenvalue weighted by atomic mass is 10.3. The predicted molar refractivity (Wildman–Crippen MR) is 44.3 cm³/mol. The normalized spacial score (nSPS) is 11.3. The van der Waals surface area contributed by atoms with Crippen LogP contribution < -0.4 is 0 Å². The molecule has 5 nitrogen and oxygen atoms in total. The summed E-state index contributed by atoms with van der Waals surface area (Å²) in [6.45, 7) is 0. The van der Waals surface area contributed by atoms with Gasteiger partial charge in [0, 0.05) is 6.26 Å². The van der Waals surface area contributed by atoms with Crippen molar-refractivity contribution in [3.05, 3.63) is 23.6 Å². The van der Waals surface area contributed by atoms with Crippen LogP contribution in [0.15, 0.2) is 17.3 Å². The van der Waals surface area contributed by atoms with Crippen LogP contribution in [-0.4, -0.2) is 30.7 Å². The average Bonchev–Trinajstić information content (AvgIpc) is 2.01. The summed E-state index contributed by atoms with van der Waals surface area (Å²) >= 11 is 0. The Kier molecular flexibility index (Phi) is 2.52. The first-order valence-electron chi connectivity index (χ1n) is 3.41. The molecule has 0 spiro atoms. The molecule has 76 valence electrons. The molecule has 0 radical (unpaired) electrons. The highest BCUT2D eigenvalue weighted by Gasteiger charge is 2.20. The molecule has 0 bridgehead atoms. The van der Waals surface area contributed by atoms with Gasteiger partial charge in [0.25, 0.3) is 0 Å². The second-order valence-corrected chi connectivity index (χ2v) is 4.51. The van der Waals surface area contributed by atoms with E-state index in [9.17, 15) is 17.6 Å². The number of sulfone groups is 1. The van der Waals surface area contributed by atoms with Gasteiger partial charge in [0.2, 0.25) is 0 Å². The molecule has 0 fully saturated rings. The fourth-order valence-electron chi connectivity index (χ4n) is 0.875. The molecule has 1 rings (SSSR count). The van der Waals surface area contributed by atoms with Gasteiger partial charge in [-0.1, -0.05) is 0 Å². The minimum absolute atomic E-state index is 0.617. The summed E-state index contributed by atoms with van der Waals surface area (Å²) in [7, 11) is -3.75. The maximum atomic E-state index is 12.6. The van der Waals surface area contributed by atoms with E-state index in [1.54, 1.807) is 0 Å². The molecule has 0 atom stereocenters. The zero-order chi connectivity index (χ0) is 10.9. The lowest BCUT2D eigenvalue weighted by Gasteiger charge is -2.01. The Balaban J connectivity index is 3.53. The van der Waals surface area contributed by atoms with E-state index in [0.29, 0.717) is 12.3 Å². The summed E-state index contributed by atoms with van der Waals surface area (Å²) in [6, 6.07) is 0.617. The minimum atomic E-state index is -3.75. The van der Waals surface area contributed by atoms with Crippen molar-refractivity contribution in [2.24, 2.45) is 0 Å². The number of pyridine rings is 1. The topological polar surface area (TPSA) is 84.3 Å². The molecule has 1 heterocycles. The van der Waals surface area contributed by atoms with Gasteiger partial charge in [-0.2, -0.15) is 0 Å². The van der Waals surface area contributed by atoms with E-state index in [0.717, 1.165) is 6.26 Å². The van der Waals surface area contributed by atoms with E-state index in [2.05, 4.69) is 4.98 Å². The lowest BCUT2D eigenvalue weighted by molar-refractivity contribution is 0.0691. The first-order chi connectivity index (χ1) is 6.32. The Morgan fingerprint density at radius 3 is 2.57 bits per heavy atom. The number of carboxylic acids is 1. The molecule has 0 saturated carbocycles. The van der Waals surface area contributed by atoms with Crippen molar-refractivity contribution in [2.75, 3.05) is 6.26 Å². The summed E-state index contributed by atoms with van der Waals surface area (Å²) in [5.74, 6) is -2.42. The average molecular weight is 219 g/mol. The summed E-state index contributed by atoms with van der Waals surface area (Å²) in [6.07, 6.45) is 1.46. The van der Waals surface area contributed by atoms with Crippen LogP contribution in [0.3, 0.4) is 0 Å². The van der Waals surface area contributed by atoms with Gasteiger partial charge in [0.1, 0.15) is 5.82 Å². The molecule has 0 aromatic carbocycles. The molecule has 0 saturated heterocycles. The standard InChI is InChI=1S/C7H6FNO4S/c1-14(12,13)6-5(7(10)11)2-4(8)3-9-6/h2-3H,1H3,(H,10,11). The third-order valence-corrected chi connectivity index (χ3v) is 2.43. The molecule has 14 heavy (non-hydrogen) atoms. The fourth-order valence-corrected chi connectivity index (χ4v) is 1.67. The van der Waals surface area contributed by atoms with Gasteiger partial charge in [0.05, 0.1) is 11.8 Å². The number of carbonyl (C=O) groups is 1. The van der Waals surface area contributed by atoms with Crippen molar-refractivity contribution in [1.82, 2.24) is 4.98 Å². The summed E-state index contributed by atoms with van der Waals surface area (Å²) < 4.78 is 34.6. The van der Waals surface area contributed by atoms with Crippen LogP contribution in [0.25, 0.3) is 0 Å². The molecular weight excluding hydrogens is 213 g/mol. The number of carboxylic acid groups (broad SMARTS) is 1. The smallest absolute Gasteiger partial charge is 0.338 e. The van der Waals surface area contributed by atoms with Gasteiger partial charge in [-0.05, 0) is 6.07 Å². The fraction of sp³-hybridized carbons (Fsp3) is 0.143. The number of hydrogen-bond donors (Lipinski definition) is 1. The molecular formula is C7H6FNO4S. The van der Waals surface area contributed by atoms with E-state index in [-0.39, 0.29) is 0 Å². The summed E-state index contributed by atoms with van der Waals surface area (Å²) in [4.78, 5) is 13.8. The summed E-state index contributed by atoms with van der Waals surface area (Å²) in [5, 5.41) is 7.95. The molecule has 1 N–H and O–H groups in total. The molecule has 0 aliphatic carbocycles. The van der Waals surface area contributed by atoms with Crippen LogP contribution >= 0.6 is 0 Å². The highest BCUT2D eigenvalue weighted by molar-refractivity contribution is 7.90. The molecule has 0 aliphatic rings. The first-order valence-corrected chi connectivity index (χ1v) is 5.30. The van der Waals surface area contributed by atoms with E-state index < -0.39 is 32.2 Å². The largest absolute Gasteiger partial charge is 0.478 e. The number of rotatable bonds is 2. The predicted octanol–water partition coefficient (Wildman–Crippen LogP) is 0.322.